The van der Waals surface area contributed by atoms with Crippen molar-refractivity contribution in [1.29, 1.82) is 0 Å². The molecule has 0 saturated heterocycles. The van der Waals surface area contributed by atoms with Crippen LogP contribution in [-0.2, 0) is 0 Å². The Hall–Kier alpha value is -1.29. The average Bonchev–Trinajstić information content (AvgIpc) is 2.25. The van der Waals surface area contributed by atoms with E-state index in [1.807, 2.05) is 18.2 Å². The number of ether oxygens (including phenoxy) is 1. The first-order valence-corrected chi connectivity index (χ1v) is 4.24. The highest BCUT2D eigenvalue weighted by molar-refractivity contribution is 8.12. The van der Waals surface area contributed by atoms with Crippen LogP contribution >= 0.6 is 11.8 Å². The standard InChI is InChI=1S/C8H5NO2S/c10-8-9-5-12-7-4-2-1-3-6(7)11-8/h1-5H. The minimum absolute atomic E-state index is 0.563. The van der Waals surface area contributed by atoms with E-state index < -0.39 is 6.09 Å². The van der Waals surface area contributed by atoms with Crippen LogP contribution in [0.5, 0.6) is 5.75 Å². The van der Waals surface area contributed by atoms with Gasteiger partial charge < -0.3 is 4.74 Å². The van der Waals surface area contributed by atoms with Gasteiger partial charge in [0.05, 0.1) is 10.4 Å². The van der Waals surface area contributed by atoms with E-state index >= 15 is 0 Å². The van der Waals surface area contributed by atoms with Crippen LogP contribution in [-0.4, -0.2) is 11.6 Å². The molecule has 0 aromatic heterocycles. The summed E-state index contributed by atoms with van der Waals surface area (Å²) in [5.41, 5.74) is 1.48. The summed E-state index contributed by atoms with van der Waals surface area (Å²) in [5.74, 6) is 0.574. The zero-order valence-electron chi connectivity index (χ0n) is 6.06. The van der Waals surface area contributed by atoms with Gasteiger partial charge >= 0.3 is 6.09 Å². The number of benzene rings is 1. The molecule has 1 heterocycles. The zero-order chi connectivity index (χ0) is 8.39. The van der Waals surface area contributed by atoms with Crippen LogP contribution in [0.3, 0.4) is 0 Å². The van der Waals surface area contributed by atoms with Gasteiger partial charge in [0.1, 0.15) is 5.75 Å². The molecule has 0 atom stereocenters. The minimum atomic E-state index is -0.563. The average molecular weight is 179 g/mol. The molecular weight excluding hydrogens is 174 g/mol. The van der Waals surface area contributed by atoms with Crippen LogP contribution in [0.25, 0.3) is 0 Å². The lowest BCUT2D eigenvalue weighted by Gasteiger charge is -2.00. The Morgan fingerprint density at radius 2 is 2.17 bits per heavy atom. The highest BCUT2D eigenvalue weighted by Gasteiger charge is 2.10. The van der Waals surface area contributed by atoms with Gasteiger partial charge in [0.15, 0.2) is 0 Å². The van der Waals surface area contributed by atoms with Gasteiger partial charge in [-0.05, 0) is 12.1 Å². The molecule has 1 aromatic rings. The molecule has 1 amide bonds. The molecular formula is C8H5NO2S. The number of para-hydroxylation sites is 1. The molecule has 0 spiro atoms. The Morgan fingerprint density at radius 3 is 3.08 bits per heavy atom. The van der Waals surface area contributed by atoms with E-state index in [-0.39, 0.29) is 0 Å². The molecule has 1 aliphatic rings. The number of rotatable bonds is 0. The normalized spacial score (nSPS) is 14.8. The number of thioether (sulfide) groups is 1. The van der Waals surface area contributed by atoms with Crippen molar-refractivity contribution in [2.24, 2.45) is 4.99 Å². The summed E-state index contributed by atoms with van der Waals surface area (Å²) in [5, 5.41) is 0. The van der Waals surface area contributed by atoms with Crippen LogP contribution in [0.1, 0.15) is 0 Å². The van der Waals surface area contributed by atoms with E-state index in [9.17, 15) is 4.79 Å². The summed E-state index contributed by atoms with van der Waals surface area (Å²) in [7, 11) is 0. The SMILES string of the molecule is O=C1N=CSc2ccccc2O1. The summed E-state index contributed by atoms with van der Waals surface area (Å²) in [6.07, 6.45) is -0.563. The van der Waals surface area contributed by atoms with Crippen molar-refractivity contribution in [2.45, 2.75) is 4.90 Å². The summed E-state index contributed by atoms with van der Waals surface area (Å²) in [4.78, 5) is 15.2. The molecule has 0 unspecified atom stereocenters. The number of aliphatic imine (C=N–C) groups is 1. The molecule has 0 radical (unpaired) electrons. The van der Waals surface area contributed by atoms with Crippen molar-refractivity contribution in [3.63, 3.8) is 0 Å². The van der Waals surface area contributed by atoms with Crippen molar-refractivity contribution in [2.75, 3.05) is 0 Å². The second kappa shape index (κ2) is 2.98. The Kier molecular flexibility index (Phi) is 1.83. The Bertz CT molecular complexity index is 349. The molecule has 3 nitrogen and oxygen atoms in total. The van der Waals surface area contributed by atoms with Gasteiger partial charge in [-0.1, -0.05) is 23.9 Å². The van der Waals surface area contributed by atoms with Gasteiger partial charge in [0.25, 0.3) is 0 Å². The topological polar surface area (TPSA) is 38.7 Å². The van der Waals surface area contributed by atoms with Gasteiger partial charge in [-0.25, -0.2) is 4.79 Å². The maximum atomic E-state index is 10.8. The predicted octanol–water partition coefficient (Wildman–Crippen LogP) is 2.32. The van der Waals surface area contributed by atoms with Crippen LogP contribution in [0.2, 0.25) is 0 Å². The number of carbonyl (C=O) groups is 1. The first-order chi connectivity index (χ1) is 5.86. The fourth-order valence-electron chi connectivity index (χ4n) is 0.878. The first-order valence-electron chi connectivity index (χ1n) is 3.36. The first kappa shape index (κ1) is 7.36. The zero-order valence-corrected chi connectivity index (χ0v) is 6.88. The molecule has 0 bridgehead atoms. The number of hydrogen-bond donors (Lipinski definition) is 0. The number of nitrogens with zero attached hydrogens (tertiary/aromatic N) is 1. The number of hydrogen-bond acceptors (Lipinski definition) is 3. The van der Waals surface area contributed by atoms with Gasteiger partial charge in [-0.15, -0.1) is 0 Å². The third-order valence-electron chi connectivity index (χ3n) is 1.38. The van der Waals surface area contributed by atoms with Gasteiger partial charge in [0, 0.05) is 0 Å². The lowest BCUT2D eigenvalue weighted by atomic mass is 10.3. The number of amides is 1. The van der Waals surface area contributed by atoms with Crippen molar-refractivity contribution >= 4 is 23.4 Å². The molecule has 12 heavy (non-hydrogen) atoms. The third kappa shape index (κ3) is 1.33. The molecule has 0 N–H and O–H groups in total. The van der Waals surface area contributed by atoms with Crippen LogP contribution in [0, 0.1) is 0 Å². The lowest BCUT2D eigenvalue weighted by molar-refractivity contribution is 0.210. The Morgan fingerprint density at radius 1 is 1.33 bits per heavy atom. The Labute approximate surface area is 73.4 Å². The maximum Gasteiger partial charge on any atom is 0.439 e. The summed E-state index contributed by atoms with van der Waals surface area (Å²) in [6, 6.07) is 7.33. The minimum Gasteiger partial charge on any atom is -0.407 e. The van der Waals surface area contributed by atoms with E-state index in [1.165, 1.54) is 17.3 Å². The molecule has 0 fully saturated rings. The van der Waals surface area contributed by atoms with Crippen molar-refractivity contribution < 1.29 is 9.53 Å². The largest absolute Gasteiger partial charge is 0.439 e. The van der Waals surface area contributed by atoms with Crippen molar-refractivity contribution in [3.05, 3.63) is 24.3 Å². The highest BCUT2D eigenvalue weighted by Crippen LogP contribution is 2.29. The highest BCUT2D eigenvalue weighted by atomic mass is 32.2. The van der Waals surface area contributed by atoms with E-state index in [0.717, 1.165) is 4.90 Å². The molecule has 0 saturated carbocycles. The fraction of sp³-hybridized carbons (Fsp3) is 0. The van der Waals surface area contributed by atoms with Crippen LogP contribution < -0.4 is 4.74 Å². The second-order valence-corrected chi connectivity index (χ2v) is 3.05. The van der Waals surface area contributed by atoms with Gasteiger partial charge in [-0.2, -0.15) is 4.99 Å². The molecule has 0 aliphatic carbocycles. The molecule has 60 valence electrons. The smallest absolute Gasteiger partial charge is 0.407 e. The van der Waals surface area contributed by atoms with Crippen molar-refractivity contribution in [1.82, 2.24) is 0 Å². The summed E-state index contributed by atoms with van der Waals surface area (Å²) < 4.78 is 4.90. The van der Waals surface area contributed by atoms with Crippen LogP contribution in [0.4, 0.5) is 4.79 Å². The van der Waals surface area contributed by atoms with E-state index in [2.05, 4.69) is 4.99 Å². The predicted molar refractivity (Wildman–Crippen MR) is 46.8 cm³/mol. The second-order valence-electron chi connectivity index (χ2n) is 2.17. The fourth-order valence-corrected chi connectivity index (χ4v) is 1.51. The molecule has 1 aliphatic heterocycles. The molecule has 1 aromatic carbocycles. The number of fused-ring (bicyclic) bond motifs is 1. The van der Waals surface area contributed by atoms with Gasteiger partial charge in [0.2, 0.25) is 0 Å². The van der Waals surface area contributed by atoms with Gasteiger partial charge in [-0.3, -0.25) is 0 Å². The summed E-state index contributed by atoms with van der Waals surface area (Å²) in [6.45, 7) is 0. The third-order valence-corrected chi connectivity index (χ3v) is 2.19. The quantitative estimate of drug-likeness (QED) is 0.613. The van der Waals surface area contributed by atoms with E-state index in [1.54, 1.807) is 6.07 Å². The lowest BCUT2D eigenvalue weighted by Crippen LogP contribution is -2.00. The van der Waals surface area contributed by atoms with Crippen LogP contribution in [0.15, 0.2) is 34.2 Å². The van der Waals surface area contributed by atoms with Crippen molar-refractivity contribution in [3.8, 4) is 5.75 Å². The Balaban J connectivity index is 2.44. The van der Waals surface area contributed by atoms with E-state index in [0.29, 0.717) is 5.75 Å². The molecule has 2 rings (SSSR count). The van der Waals surface area contributed by atoms with E-state index in [4.69, 9.17) is 4.74 Å². The maximum absolute atomic E-state index is 10.8. The number of carbonyl (C=O) groups excluding carboxylic acids is 1. The molecule has 4 heteroatoms. The summed E-state index contributed by atoms with van der Waals surface area (Å²) >= 11 is 1.38. The monoisotopic (exact) mass is 179 g/mol.